The molecule has 2 amide bonds. The van der Waals surface area contributed by atoms with Crippen LogP contribution in [0.3, 0.4) is 0 Å². The van der Waals surface area contributed by atoms with Gasteiger partial charge in [-0.25, -0.2) is 23.4 Å². The summed E-state index contributed by atoms with van der Waals surface area (Å²) in [5.41, 5.74) is 17.8. The SMILES string of the molecule is CN1CCN(c2ccc(O)cc2)CC1.CN1CCN(c2ccc(Oc3ncc4c(n3)-c3noc(C(N)=O)c3CC4)cc2)CC1.CS(=O)(=O)c1ncc2c(n1)-c1noc(C(N)=O)c1CC2. The standard InChI is InChI=1S/C21H22N6O3.C11H10N4O4S.C11H16N2O/c1-26-8-10-27(11-9-26)14-3-5-15(6-4-14)29-21-23-12-13-2-7-16-18(17(13)24-21)25-30-19(16)20(22)28;1-20(17,18)11-13-4-5-2-3-6-8(7(5)14-11)15-19-9(6)10(12)16;1-12-6-8-13(9-7-12)10-2-4-11(14)5-3-10/h3-6,12H,2,7-11H2,1H3,(H2,22,28);4H,2-3H2,1H3,(H2,12,16);2-5,14H,6-9H2,1H3. The van der Waals surface area contributed by atoms with Gasteiger partial charge in [0.05, 0.1) is 0 Å². The zero-order chi connectivity index (χ0) is 45.1. The maximum Gasteiger partial charge on any atom is 0.322 e. The molecule has 0 spiro atoms. The molecule has 2 fully saturated rings. The number of hydrogen-bond donors (Lipinski definition) is 3. The van der Waals surface area contributed by atoms with Crippen molar-refractivity contribution in [3.05, 3.63) is 94.7 Å². The number of sulfone groups is 1. The highest BCUT2D eigenvalue weighted by Gasteiger charge is 2.30. The fraction of sp³-hybridized carbons (Fsp3) is 0.349. The maximum absolute atomic E-state index is 11.5. The largest absolute Gasteiger partial charge is 0.508 e. The quantitative estimate of drug-likeness (QED) is 0.195. The first-order valence-corrected chi connectivity index (χ1v) is 22.5. The van der Waals surface area contributed by atoms with Crippen molar-refractivity contribution in [2.24, 2.45) is 11.5 Å². The van der Waals surface area contributed by atoms with Crippen LogP contribution < -0.4 is 26.0 Å². The number of likely N-dealkylation sites (N-methyl/N-ethyl adjacent to an activating group) is 2. The highest BCUT2D eigenvalue weighted by molar-refractivity contribution is 7.90. The van der Waals surface area contributed by atoms with Gasteiger partial charge in [-0.3, -0.25) is 9.59 Å². The number of amides is 2. The van der Waals surface area contributed by atoms with Crippen molar-refractivity contribution in [3.8, 4) is 40.3 Å². The van der Waals surface area contributed by atoms with E-state index >= 15 is 0 Å². The number of nitrogens with two attached hydrogens (primary N) is 2. The normalized spacial score (nSPS) is 15.9. The van der Waals surface area contributed by atoms with Crippen LogP contribution in [-0.4, -0.2) is 138 Å². The smallest absolute Gasteiger partial charge is 0.322 e. The average Bonchev–Trinajstić information content (AvgIpc) is 3.94. The van der Waals surface area contributed by atoms with Crippen LogP contribution in [0.2, 0.25) is 0 Å². The molecule has 4 aromatic heterocycles. The molecule has 0 bridgehead atoms. The lowest BCUT2D eigenvalue weighted by Gasteiger charge is -2.34. The van der Waals surface area contributed by atoms with Crippen molar-refractivity contribution < 1.29 is 36.9 Å². The number of hydrogen-bond acceptors (Lipinski definition) is 18. The van der Waals surface area contributed by atoms with Gasteiger partial charge in [-0.1, -0.05) is 10.3 Å². The Morgan fingerprint density at radius 1 is 0.641 bits per heavy atom. The minimum absolute atomic E-state index is 0.00910. The first-order valence-electron chi connectivity index (χ1n) is 20.6. The van der Waals surface area contributed by atoms with Crippen LogP contribution in [0.15, 0.2) is 75.1 Å². The zero-order valence-corrected chi connectivity index (χ0v) is 36.4. The van der Waals surface area contributed by atoms with Crippen LogP contribution in [0.4, 0.5) is 11.4 Å². The number of fused-ring (bicyclic) bond motifs is 6. The highest BCUT2D eigenvalue weighted by atomic mass is 32.2. The van der Waals surface area contributed by atoms with Crippen molar-refractivity contribution in [1.29, 1.82) is 0 Å². The number of primary amides is 2. The van der Waals surface area contributed by atoms with E-state index in [-0.39, 0.29) is 22.7 Å². The fourth-order valence-electron chi connectivity index (χ4n) is 7.77. The lowest BCUT2D eigenvalue weighted by molar-refractivity contribution is 0.0956. The van der Waals surface area contributed by atoms with Crippen molar-refractivity contribution >= 4 is 33.0 Å². The number of aromatic nitrogens is 6. The molecule has 0 atom stereocenters. The van der Waals surface area contributed by atoms with Gasteiger partial charge in [0.2, 0.25) is 26.5 Å². The van der Waals surface area contributed by atoms with Gasteiger partial charge in [-0.15, -0.1) is 0 Å². The van der Waals surface area contributed by atoms with Gasteiger partial charge in [-0.05, 0) is 99.4 Å². The van der Waals surface area contributed by atoms with Gasteiger partial charge >= 0.3 is 6.01 Å². The van der Waals surface area contributed by atoms with Crippen molar-refractivity contribution in [2.45, 2.75) is 30.8 Å². The van der Waals surface area contributed by atoms with Crippen LogP contribution in [0, 0.1) is 0 Å². The molecule has 2 aromatic carbocycles. The molecule has 20 nitrogen and oxygen atoms in total. The van der Waals surface area contributed by atoms with Crippen molar-refractivity contribution in [2.75, 3.05) is 82.5 Å². The third kappa shape index (κ3) is 9.65. The molecule has 6 heterocycles. The average molecular weight is 893 g/mol. The van der Waals surface area contributed by atoms with Crippen LogP contribution in [0.5, 0.6) is 17.5 Å². The Balaban J connectivity index is 0.000000142. The van der Waals surface area contributed by atoms with Gasteiger partial charge in [0.1, 0.15) is 34.3 Å². The summed E-state index contributed by atoms with van der Waals surface area (Å²) in [5.74, 6) is -0.260. The maximum atomic E-state index is 11.5. The third-order valence-corrected chi connectivity index (χ3v) is 12.3. The van der Waals surface area contributed by atoms with E-state index in [9.17, 15) is 23.1 Å². The zero-order valence-electron chi connectivity index (χ0n) is 35.6. The Hall–Kier alpha value is -6.97. The second-order valence-electron chi connectivity index (χ2n) is 15.9. The molecular weight excluding hydrogens is 845 g/mol. The molecule has 5 N–H and O–H groups in total. The molecule has 334 valence electrons. The lowest BCUT2D eigenvalue weighted by atomic mass is 9.93. The summed E-state index contributed by atoms with van der Waals surface area (Å²) in [5, 5.41) is 16.7. The number of carbonyl (C=O) groups excluding carboxylic acids is 2. The summed E-state index contributed by atoms with van der Waals surface area (Å²) in [7, 11) is 0.769. The number of carbonyl (C=O) groups is 2. The van der Waals surface area contributed by atoms with E-state index in [1.165, 1.54) is 17.6 Å². The number of rotatable bonds is 7. The predicted octanol–water partition coefficient (Wildman–Crippen LogP) is 2.75. The Morgan fingerprint density at radius 3 is 1.56 bits per heavy atom. The van der Waals surface area contributed by atoms with E-state index < -0.39 is 21.7 Å². The molecule has 2 saturated heterocycles. The van der Waals surface area contributed by atoms with Gasteiger partial charge in [0, 0.05) is 93.5 Å². The summed E-state index contributed by atoms with van der Waals surface area (Å²) in [6, 6.07) is 15.6. The molecule has 21 heteroatoms. The van der Waals surface area contributed by atoms with Gasteiger partial charge in [0.15, 0.2) is 0 Å². The van der Waals surface area contributed by atoms with E-state index in [4.69, 9.17) is 25.3 Å². The summed E-state index contributed by atoms with van der Waals surface area (Å²) in [6.07, 6.45) is 6.60. The number of phenols is 1. The molecule has 2 aliphatic carbocycles. The molecule has 4 aliphatic rings. The lowest BCUT2D eigenvalue weighted by Crippen LogP contribution is -2.44. The number of aryl methyl sites for hydroxylation is 2. The molecule has 0 unspecified atom stereocenters. The topological polar surface area (TPSA) is 266 Å². The van der Waals surface area contributed by atoms with E-state index in [0.29, 0.717) is 71.1 Å². The monoisotopic (exact) mass is 892 g/mol. The van der Waals surface area contributed by atoms with Crippen LogP contribution in [-0.2, 0) is 35.5 Å². The number of aromatic hydroxyl groups is 1. The number of anilines is 2. The summed E-state index contributed by atoms with van der Waals surface area (Å²) < 4.78 is 38.9. The number of benzene rings is 2. The molecule has 2 aliphatic heterocycles. The van der Waals surface area contributed by atoms with E-state index in [1.54, 1.807) is 18.3 Å². The van der Waals surface area contributed by atoms with Crippen LogP contribution in [0.1, 0.15) is 43.4 Å². The van der Waals surface area contributed by atoms with Gasteiger partial charge in [0.25, 0.3) is 11.8 Å². The number of nitrogens with zero attached hydrogens (tertiary/aromatic N) is 10. The number of ether oxygens (including phenoxy) is 1. The second kappa shape index (κ2) is 18.4. The summed E-state index contributed by atoms with van der Waals surface area (Å²) in [6.45, 7) is 8.51. The minimum Gasteiger partial charge on any atom is -0.508 e. The van der Waals surface area contributed by atoms with Crippen LogP contribution >= 0.6 is 0 Å². The van der Waals surface area contributed by atoms with E-state index in [2.05, 4.69) is 63.9 Å². The Bertz CT molecular complexity index is 2760. The third-order valence-electron chi connectivity index (χ3n) is 11.4. The number of piperazine rings is 2. The molecule has 0 radical (unpaired) electrons. The molecular formula is C43H48N12O8S. The van der Waals surface area contributed by atoms with Crippen molar-refractivity contribution in [1.82, 2.24) is 40.0 Å². The Kier molecular flexibility index (Phi) is 12.6. The molecule has 10 rings (SSSR count). The van der Waals surface area contributed by atoms with E-state index in [0.717, 1.165) is 69.7 Å². The number of phenolic OH excluding ortho intramolecular Hbond substituents is 1. The van der Waals surface area contributed by atoms with E-state index in [1.807, 2.05) is 36.4 Å². The predicted molar refractivity (Wildman–Crippen MR) is 234 cm³/mol. The second-order valence-corrected chi connectivity index (χ2v) is 17.8. The molecule has 6 aromatic rings. The Morgan fingerprint density at radius 2 is 1.09 bits per heavy atom. The molecule has 64 heavy (non-hydrogen) atoms. The fourth-order valence-corrected chi connectivity index (χ4v) is 8.27. The van der Waals surface area contributed by atoms with Crippen molar-refractivity contribution in [3.63, 3.8) is 0 Å². The summed E-state index contributed by atoms with van der Waals surface area (Å²) >= 11 is 0. The first-order chi connectivity index (χ1) is 30.7. The summed E-state index contributed by atoms with van der Waals surface area (Å²) in [4.78, 5) is 48.8. The van der Waals surface area contributed by atoms with Crippen LogP contribution in [0.25, 0.3) is 22.8 Å². The minimum atomic E-state index is -3.52. The molecule has 0 saturated carbocycles. The Labute approximate surface area is 368 Å². The van der Waals surface area contributed by atoms with Gasteiger partial charge in [-0.2, -0.15) is 4.98 Å². The highest BCUT2D eigenvalue weighted by Crippen LogP contribution is 2.35. The first kappa shape index (κ1) is 43.7. The van der Waals surface area contributed by atoms with Gasteiger partial charge < -0.3 is 50.0 Å².